The fraction of sp³-hybridized carbons (Fsp3) is 0.733. The number of carboxylic acids is 1. The molecular formula is C15H24N2O2S. The number of aromatic nitrogens is 1. The molecule has 2 rings (SSSR count). The summed E-state index contributed by atoms with van der Waals surface area (Å²) in [6.07, 6.45) is 6.60. The zero-order valence-corrected chi connectivity index (χ0v) is 13.4. The van der Waals surface area contributed by atoms with Crippen LogP contribution in [0.1, 0.15) is 61.3 Å². The first-order valence-corrected chi connectivity index (χ1v) is 8.30. The van der Waals surface area contributed by atoms with E-state index >= 15 is 0 Å². The average Bonchev–Trinajstić information content (AvgIpc) is 2.82. The molecule has 1 saturated carbocycles. The van der Waals surface area contributed by atoms with Crippen LogP contribution in [0.2, 0.25) is 0 Å². The van der Waals surface area contributed by atoms with Gasteiger partial charge in [-0.1, -0.05) is 44.4 Å². The van der Waals surface area contributed by atoms with E-state index in [4.69, 9.17) is 0 Å². The van der Waals surface area contributed by atoms with E-state index in [2.05, 4.69) is 30.8 Å². The number of aryl methyl sites for hydroxylation is 1. The van der Waals surface area contributed by atoms with Crippen molar-refractivity contribution in [1.82, 2.24) is 4.98 Å². The van der Waals surface area contributed by atoms with Crippen LogP contribution >= 0.6 is 11.3 Å². The van der Waals surface area contributed by atoms with Crippen LogP contribution in [-0.4, -0.2) is 29.1 Å². The van der Waals surface area contributed by atoms with Crippen LogP contribution in [0.5, 0.6) is 0 Å². The minimum absolute atomic E-state index is 0.414. The molecule has 0 spiro atoms. The summed E-state index contributed by atoms with van der Waals surface area (Å²) in [6.45, 7) is 4.35. The topological polar surface area (TPSA) is 53.4 Å². The summed E-state index contributed by atoms with van der Waals surface area (Å²) < 4.78 is 0. The van der Waals surface area contributed by atoms with E-state index in [-0.39, 0.29) is 0 Å². The Kier molecular flexibility index (Phi) is 5.02. The molecule has 1 aromatic rings. The molecule has 0 aromatic carbocycles. The fourth-order valence-electron chi connectivity index (χ4n) is 2.97. The van der Waals surface area contributed by atoms with Gasteiger partial charge in [0.05, 0.1) is 5.69 Å². The molecule has 1 aliphatic rings. The molecule has 1 heterocycles. The highest BCUT2D eigenvalue weighted by molar-refractivity contribution is 7.17. The first-order valence-electron chi connectivity index (χ1n) is 7.48. The molecule has 112 valence electrons. The lowest BCUT2D eigenvalue weighted by atomic mass is 9.86. The van der Waals surface area contributed by atoms with Crippen molar-refractivity contribution in [3.8, 4) is 0 Å². The number of anilines is 1. The quantitative estimate of drug-likeness (QED) is 0.897. The number of hydrogen-bond donors (Lipinski definition) is 1. The number of aromatic carboxylic acids is 1. The Morgan fingerprint density at radius 3 is 2.85 bits per heavy atom. The number of thiazole rings is 1. The first kappa shape index (κ1) is 15.3. The Labute approximate surface area is 124 Å². The summed E-state index contributed by atoms with van der Waals surface area (Å²) in [4.78, 5) is 18.5. The molecule has 0 amide bonds. The van der Waals surface area contributed by atoms with E-state index < -0.39 is 5.97 Å². The summed E-state index contributed by atoms with van der Waals surface area (Å²) in [7, 11) is 2.06. The lowest BCUT2D eigenvalue weighted by Crippen LogP contribution is -2.35. The molecule has 1 fully saturated rings. The van der Waals surface area contributed by atoms with Gasteiger partial charge in [0, 0.05) is 13.1 Å². The highest BCUT2D eigenvalue weighted by atomic mass is 32.1. The molecule has 0 aliphatic heterocycles. The molecule has 1 aromatic heterocycles. The average molecular weight is 296 g/mol. The molecule has 0 bridgehead atoms. The van der Waals surface area contributed by atoms with Crippen LogP contribution in [0, 0.1) is 5.92 Å². The predicted octanol–water partition coefficient (Wildman–Crippen LogP) is 3.81. The Morgan fingerprint density at radius 2 is 2.25 bits per heavy atom. The SMILES string of the molecule is CCCc1nc(N(C)C2CCCC(C)C2)sc1C(=O)O. The summed E-state index contributed by atoms with van der Waals surface area (Å²) in [6, 6.07) is 0.501. The second-order valence-corrected chi connectivity index (χ2v) is 6.84. The zero-order valence-electron chi connectivity index (χ0n) is 12.6. The summed E-state index contributed by atoms with van der Waals surface area (Å²) in [5.41, 5.74) is 0.746. The van der Waals surface area contributed by atoms with E-state index in [0.717, 1.165) is 29.6 Å². The van der Waals surface area contributed by atoms with Gasteiger partial charge in [-0.25, -0.2) is 9.78 Å². The van der Waals surface area contributed by atoms with Gasteiger partial charge < -0.3 is 10.0 Å². The Morgan fingerprint density at radius 1 is 1.50 bits per heavy atom. The van der Waals surface area contributed by atoms with Crippen LogP contribution in [0.4, 0.5) is 5.13 Å². The predicted molar refractivity (Wildman–Crippen MR) is 82.9 cm³/mol. The maximum Gasteiger partial charge on any atom is 0.347 e. The first-order chi connectivity index (χ1) is 9.52. The van der Waals surface area contributed by atoms with Crippen molar-refractivity contribution in [3.05, 3.63) is 10.6 Å². The number of carbonyl (C=O) groups is 1. The molecule has 0 saturated heterocycles. The third kappa shape index (κ3) is 3.32. The normalized spacial score (nSPS) is 22.8. The smallest absolute Gasteiger partial charge is 0.347 e. The molecule has 0 radical (unpaired) electrons. The minimum Gasteiger partial charge on any atom is -0.477 e. The zero-order chi connectivity index (χ0) is 14.7. The summed E-state index contributed by atoms with van der Waals surface area (Å²) >= 11 is 1.33. The van der Waals surface area contributed by atoms with E-state index in [9.17, 15) is 9.90 Å². The van der Waals surface area contributed by atoms with Gasteiger partial charge in [-0.2, -0.15) is 0 Å². The van der Waals surface area contributed by atoms with Crippen LogP contribution in [0.15, 0.2) is 0 Å². The Balaban J connectivity index is 2.18. The molecule has 20 heavy (non-hydrogen) atoms. The number of nitrogens with zero attached hydrogens (tertiary/aromatic N) is 2. The highest BCUT2D eigenvalue weighted by Gasteiger charge is 2.26. The monoisotopic (exact) mass is 296 g/mol. The number of hydrogen-bond acceptors (Lipinski definition) is 4. The molecule has 2 atom stereocenters. The van der Waals surface area contributed by atoms with Crippen molar-refractivity contribution < 1.29 is 9.90 Å². The van der Waals surface area contributed by atoms with Gasteiger partial charge in [0.15, 0.2) is 5.13 Å². The van der Waals surface area contributed by atoms with Crippen molar-refractivity contribution in [2.45, 2.75) is 58.4 Å². The second-order valence-electron chi connectivity index (χ2n) is 5.86. The van der Waals surface area contributed by atoms with Crippen molar-refractivity contribution >= 4 is 22.4 Å². The lowest BCUT2D eigenvalue weighted by Gasteiger charge is -2.33. The Hall–Kier alpha value is -1.10. The van der Waals surface area contributed by atoms with Crippen LogP contribution in [0.25, 0.3) is 0 Å². The third-order valence-electron chi connectivity index (χ3n) is 4.13. The summed E-state index contributed by atoms with van der Waals surface area (Å²) in [5.74, 6) is -0.0900. The van der Waals surface area contributed by atoms with Gasteiger partial charge in [-0.05, 0) is 25.2 Å². The summed E-state index contributed by atoms with van der Waals surface area (Å²) in [5, 5.41) is 10.2. The van der Waals surface area contributed by atoms with E-state index in [1.165, 1.54) is 37.0 Å². The largest absolute Gasteiger partial charge is 0.477 e. The maximum atomic E-state index is 11.3. The van der Waals surface area contributed by atoms with Crippen LogP contribution < -0.4 is 4.90 Å². The third-order valence-corrected chi connectivity index (χ3v) is 5.30. The highest BCUT2D eigenvalue weighted by Crippen LogP contribution is 2.33. The molecule has 5 heteroatoms. The fourth-order valence-corrected chi connectivity index (χ4v) is 3.96. The molecule has 4 nitrogen and oxygen atoms in total. The molecular weight excluding hydrogens is 272 g/mol. The maximum absolute atomic E-state index is 11.3. The Bertz CT molecular complexity index is 472. The molecule has 1 N–H and O–H groups in total. The van der Waals surface area contributed by atoms with Crippen molar-refractivity contribution in [2.75, 3.05) is 11.9 Å². The van der Waals surface area contributed by atoms with Crippen LogP contribution in [-0.2, 0) is 6.42 Å². The minimum atomic E-state index is -0.845. The van der Waals surface area contributed by atoms with Gasteiger partial charge in [0.2, 0.25) is 0 Å². The van der Waals surface area contributed by atoms with Crippen molar-refractivity contribution in [2.24, 2.45) is 5.92 Å². The van der Waals surface area contributed by atoms with E-state index in [1.807, 2.05) is 0 Å². The standard InChI is InChI=1S/C15H24N2O2S/c1-4-6-12-13(14(18)19)20-15(16-12)17(3)11-8-5-7-10(2)9-11/h10-11H,4-9H2,1-3H3,(H,18,19). The van der Waals surface area contributed by atoms with E-state index in [0.29, 0.717) is 10.9 Å². The van der Waals surface area contributed by atoms with Crippen LogP contribution in [0.3, 0.4) is 0 Å². The van der Waals surface area contributed by atoms with Gasteiger partial charge >= 0.3 is 5.97 Å². The second kappa shape index (κ2) is 6.57. The van der Waals surface area contributed by atoms with E-state index in [1.54, 1.807) is 0 Å². The number of carboxylic acid groups (broad SMARTS) is 1. The van der Waals surface area contributed by atoms with Gasteiger partial charge in [-0.3, -0.25) is 0 Å². The van der Waals surface area contributed by atoms with Gasteiger partial charge in [0.1, 0.15) is 4.88 Å². The molecule has 1 aliphatic carbocycles. The van der Waals surface area contributed by atoms with Crippen molar-refractivity contribution in [3.63, 3.8) is 0 Å². The lowest BCUT2D eigenvalue weighted by molar-refractivity contribution is 0.0700. The number of rotatable bonds is 5. The van der Waals surface area contributed by atoms with Gasteiger partial charge in [-0.15, -0.1) is 0 Å². The van der Waals surface area contributed by atoms with Crippen molar-refractivity contribution in [1.29, 1.82) is 0 Å². The molecule has 2 unspecified atom stereocenters. The van der Waals surface area contributed by atoms with Gasteiger partial charge in [0.25, 0.3) is 0 Å².